The van der Waals surface area contributed by atoms with E-state index in [2.05, 4.69) is 18.6 Å². The highest BCUT2D eigenvalue weighted by atomic mass is 16.6. The van der Waals surface area contributed by atoms with Crippen LogP contribution in [0.4, 0.5) is 0 Å². The Balaban J connectivity index is 2.47. The third kappa shape index (κ3) is 1.54. The molecule has 0 fully saturated rings. The minimum atomic E-state index is -0.536. The molecule has 1 aliphatic rings. The van der Waals surface area contributed by atoms with Crippen LogP contribution in [0.2, 0.25) is 0 Å². The lowest BCUT2D eigenvalue weighted by atomic mass is 9.95. The van der Waals surface area contributed by atoms with E-state index in [0.29, 0.717) is 17.0 Å². The zero-order valence-electron chi connectivity index (χ0n) is 8.74. The van der Waals surface area contributed by atoms with E-state index in [-0.39, 0.29) is 0 Å². The van der Waals surface area contributed by atoms with E-state index in [1.165, 1.54) is 0 Å². The lowest BCUT2D eigenvalue weighted by Crippen LogP contribution is -1.97. The van der Waals surface area contributed by atoms with Crippen molar-refractivity contribution in [2.75, 3.05) is 0 Å². The maximum absolute atomic E-state index is 11.3. The summed E-state index contributed by atoms with van der Waals surface area (Å²) in [4.78, 5) is 22.5. The average molecular weight is 204 g/mol. The van der Waals surface area contributed by atoms with Crippen molar-refractivity contribution >= 4 is 11.9 Å². The Bertz CT molecular complexity index is 434. The molecule has 0 spiro atoms. The number of hydrogen-bond acceptors (Lipinski definition) is 3. The molecule has 1 aromatic carbocycles. The highest BCUT2D eigenvalue weighted by Crippen LogP contribution is 2.26. The molecule has 2 rings (SSSR count). The van der Waals surface area contributed by atoms with Gasteiger partial charge < -0.3 is 4.74 Å². The minimum absolute atomic E-state index is 0.382. The second-order valence-corrected chi connectivity index (χ2v) is 3.79. The summed E-state index contributed by atoms with van der Waals surface area (Å²) in [6, 6.07) is 5.31. The first-order valence-electron chi connectivity index (χ1n) is 5.04. The Kier molecular flexibility index (Phi) is 2.31. The SMILES string of the molecule is CCC(C)c1ccc2c(c1)C(=O)OC2=O. The molecule has 1 heterocycles. The molecular weight excluding hydrogens is 192 g/mol. The molecule has 1 atom stereocenters. The summed E-state index contributed by atoms with van der Waals surface area (Å²) in [5.74, 6) is -0.676. The number of esters is 2. The second kappa shape index (κ2) is 3.50. The summed E-state index contributed by atoms with van der Waals surface area (Å²) < 4.78 is 4.52. The van der Waals surface area contributed by atoms with Crippen molar-refractivity contribution in [1.29, 1.82) is 0 Å². The van der Waals surface area contributed by atoms with Gasteiger partial charge in [-0.3, -0.25) is 0 Å². The topological polar surface area (TPSA) is 43.4 Å². The van der Waals surface area contributed by atoms with Crippen LogP contribution in [-0.2, 0) is 4.74 Å². The van der Waals surface area contributed by atoms with Gasteiger partial charge in [0.15, 0.2) is 0 Å². The number of carbonyl (C=O) groups is 2. The molecule has 0 N–H and O–H groups in total. The summed E-state index contributed by atoms with van der Waals surface area (Å²) in [6.45, 7) is 4.17. The van der Waals surface area contributed by atoms with Gasteiger partial charge in [0, 0.05) is 0 Å². The normalized spacial score (nSPS) is 16.1. The molecular formula is C12H12O3. The maximum atomic E-state index is 11.3. The van der Waals surface area contributed by atoms with Crippen LogP contribution < -0.4 is 0 Å². The Morgan fingerprint density at radius 3 is 2.53 bits per heavy atom. The third-order valence-electron chi connectivity index (χ3n) is 2.85. The van der Waals surface area contributed by atoms with Crippen molar-refractivity contribution in [2.24, 2.45) is 0 Å². The first kappa shape index (κ1) is 9.90. The van der Waals surface area contributed by atoms with Crippen LogP contribution in [0, 0.1) is 0 Å². The number of ether oxygens (including phenoxy) is 1. The van der Waals surface area contributed by atoms with Gasteiger partial charge in [-0.25, -0.2) is 9.59 Å². The molecule has 0 saturated carbocycles. The Morgan fingerprint density at radius 1 is 1.20 bits per heavy atom. The van der Waals surface area contributed by atoms with Crippen LogP contribution in [0.1, 0.15) is 52.5 Å². The number of hydrogen-bond donors (Lipinski definition) is 0. The first-order valence-corrected chi connectivity index (χ1v) is 5.04. The number of fused-ring (bicyclic) bond motifs is 1. The van der Waals surface area contributed by atoms with Crippen molar-refractivity contribution in [1.82, 2.24) is 0 Å². The predicted molar refractivity (Wildman–Crippen MR) is 54.9 cm³/mol. The van der Waals surface area contributed by atoms with Crippen LogP contribution in [0.25, 0.3) is 0 Å². The Labute approximate surface area is 88.1 Å². The zero-order chi connectivity index (χ0) is 11.0. The Morgan fingerprint density at radius 2 is 1.87 bits per heavy atom. The van der Waals surface area contributed by atoms with E-state index in [1.54, 1.807) is 12.1 Å². The quantitative estimate of drug-likeness (QED) is 0.549. The standard InChI is InChI=1S/C12H12O3/c1-3-7(2)8-4-5-9-10(6-8)12(14)15-11(9)13/h4-7H,3H2,1-2H3. The van der Waals surface area contributed by atoms with Gasteiger partial charge in [0.05, 0.1) is 11.1 Å². The van der Waals surface area contributed by atoms with Crippen LogP contribution in [0.15, 0.2) is 18.2 Å². The molecule has 1 aliphatic heterocycles. The monoisotopic (exact) mass is 204 g/mol. The maximum Gasteiger partial charge on any atom is 0.346 e. The molecule has 0 bridgehead atoms. The minimum Gasteiger partial charge on any atom is -0.386 e. The molecule has 3 heteroatoms. The second-order valence-electron chi connectivity index (χ2n) is 3.79. The van der Waals surface area contributed by atoms with Crippen molar-refractivity contribution in [3.63, 3.8) is 0 Å². The summed E-state index contributed by atoms with van der Waals surface area (Å²) >= 11 is 0. The lowest BCUT2D eigenvalue weighted by molar-refractivity contribution is 0.0444. The van der Waals surface area contributed by atoms with Gasteiger partial charge in [-0.05, 0) is 30.0 Å². The lowest BCUT2D eigenvalue weighted by Gasteiger charge is -2.08. The Hall–Kier alpha value is -1.64. The van der Waals surface area contributed by atoms with Crippen molar-refractivity contribution in [2.45, 2.75) is 26.2 Å². The van der Waals surface area contributed by atoms with Crippen molar-refractivity contribution < 1.29 is 14.3 Å². The summed E-state index contributed by atoms with van der Waals surface area (Å²) in [7, 11) is 0. The molecule has 0 aromatic heterocycles. The van der Waals surface area contributed by atoms with Crippen LogP contribution in [0.3, 0.4) is 0 Å². The summed E-state index contributed by atoms with van der Waals surface area (Å²) in [6.07, 6.45) is 1.00. The van der Waals surface area contributed by atoms with Gasteiger partial charge in [-0.15, -0.1) is 0 Å². The number of rotatable bonds is 2. The van der Waals surface area contributed by atoms with E-state index >= 15 is 0 Å². The average Bonchev–Trinajstić information content (AvgIpc) is 2.53. The van der Waals surface area contributed by atoms with Crippen molar-refractivity contribution in [3.8, 4) is 0 Å². The molecule has 15 heavy (non-hydrogen) atoms. The van der Waals surface area contributed by atoms with Crippen LogP contribution in [0.5, 0.6) is 0 Å². The van der Waals surface area contributed by atoms with Gasteiger partial charge in [0.1, 0.15) is 0 Å². The van der Waals surface area contributed by atoms with Gasteiger partial charge in [0.25, 0.3) is 0 Å². The fourth-order valence-corrected chi connectivity index (χ4v) is 1.65. The van der Waals surface area contributed by atoms with Crippen LogP contribution in [-0.4, -0.2) is 11.9 Å². The zero-order valence-corrected chi connectivity index (χ0v) is 8.74. The van der Waals surface area contributed by atoms with E-state index in [0.717, 1.165) is 12.0 Å². The largest absolute Gasteiger partial charge is 0.386 e. The summed E-state index contributed by atoms with van der Waals surface area (Å²) in [5, 5.41) is 0. The first-order chi connectivity index (χ1) is 7.13. The predicted octanol–water partition coefficient (Wildman–Crippen LogP) is 2.51. The molecule has 1 unspecified atom stereocenters. The van der Waals surface area contributed by atoms with Crippen LogP contribution >= 0.6 is 0 Å². The third-order valence-corrected chi connectivity index (χ3v) is 2.85. The molecule has 0 amide bonds. The molecule has 0 radical (unpaired) electrons. The highest BCUT2D eigenvalue weighted by molar-refractivity contribution is 6.14. The fourth-order valence-electron chi connectivity index (χ4n) is 1.65. The molecule has 0 aliphatic carbocycles. The molecule has 0 saturated heterocycles. The number of carbonyl (C=O) groups excluding carboxylic acids is 2. The number of benzene rings is 1. The van der Waals surface area contributed by atoms with Gasteiger partial charge in [-0.1, -0.05) is 19.9 Å². The van der Waals surface area contributed by atoms with Gasteiger partial charge >= 0.3 is 11.9 Å². The van der Waals surface area contributed by atoms with Gasteiger partial charge in [-0.2, -0.15) is 0 Å². The van der Waals surface area contributed by atoms with E-state index in [4.69, 9.17) is 0 Å². The molecule has 78 valence electrons. The smallest absolute Gasteiger partial charge is 0.346 e. The highest BCUT2D eigenvalue weighted by Gasteiger charge is 2.29. The van der Waals surface area contributed by atoms with E-state index in [1.807, 2.05) is 6.07 Å². The van der Waals surface area contributed by atoms with E-state index in [9.17, 15) is 9.59 Å². The molecule has 3 nitrogen and oxygen atoms in total. The molecule has 1 aromatic rings. The number of cyclic esters (lactones) is 2. The van der Waals surface area contributed by atoms with E-state index < -0.39 is 11.9 Å². The van der Waals surface area contributed by atoms with Crippen molar-refractivity contribution in [3.05, 3.63) is 34.9 Å². The fraction of sp³-hybridized carbons (Fsp3) is 0.333. The summed E-state index contributed by atoms with van der Waals surface area (Å²) in [5.41, 5.74) is 1.85. The van der Waals surface area contributed by atoms with Gasteiger partial charge in [0.2, 0.25) is 0 Å².